The van der Waals surface area contributed by atoms with Crippen LogP contribution in [0.15, 0.2) is 36.4 Å². The first-order valence-electron chi connectivity index (χ1n) is 10.1. The van der Waals surface area contributed by atoms with Gasteiger partial charge in [0.25, 0.3) is 0 Å². The molecule has 7 N–H and O–H groups in total. The van der Waals surface area contributed by atoms with Crippen LogP contribution < -0.4 is 4.74 Å². The smallest absolute Gasteiger partial charge is 0.309 e. The van der Waals surface area contributed by atoms with Gasteiger partial charge in [-0.1, -0.05) is 12.1 Å². The van der Waals surface area contributed by atoms with Crippen LogP contribution in [-0.4, -0.2) is 78.0 Å². The van der Waals surface area contributed by atoms with Gasteiger partial charge in [0, 0.05) is 12.1 Å². The number of carboxylic acid groups (broad SMARTS) is 1. The number of ether oxygens (including phenoxy) is 2. The van der Waals surface area contributed by atoms with Gasteiger partial charge in [-0.25, -0.2) is 0 Å². The minimum atomic E-state index is -1.84. The highest BCUT2D eigenvalue weighted by Crippen LogP contribution is 2.44. The average Bonchev–Trinajstić information content (AvgIpc) is 2.75. The standard InChI is InChI=1S/C22H22O11/c23-9-3-1-8(2-4-9)20-21(18(28)15-12(25)5-10(24)6-13(15)32-20)33-14-7-11(22(30)31)16(26)19(29)17(14)27/h1-6,11,14,16-17,19-21,23-27,29H,7H2,(H,30,31)/t11-,14-,16+,17-,19-,20+,21+/m0/s1. The largest absolute Gasteiger partial charge is 0.508 e. The number of aliphatic hydroxyl groups excluding tert-OH is 3. The zero-order chi connectivity index (χ0) is 24.0. The quantitative estimate of drug-likeness (QED) is 0.325. The molecule has 1 aliphatic heterocycles. The molecule has 1 fully saturated rings. The molecule has 2 aromatic rings. The van der Waals surface area contributed by atoms with Crippen molar-refractivity contribution in [2.24, 2.45) is 5.92 Å². The van der Waals surface area contributed by atoms with Crippen LogP contribution in [-0.2, 0) is 9.53 Å². The minimum absolute atomic E-state index is 0.0573. The maximum Gasteiger partial charge on any atom is 0.309 e. The Hall–Kier alpha value is -3.38. The lowest BCUT2D eigenvalue weighted by molar-refractivity contribution is -0.197. The van der Waals surface area contributed by atoms with Gasteiger partial charge in [-0.05, 0) is 24.1 Å². The van der Waals surface area contributed by atoms with Crippen molar-refractivity contribution >= 4 is 11.8 Å². The van der Waals surface area contributed by atoms with E-state index in [1.54, 1.807) is 0 Å². The van der Waals surface area contributed by atoms with Crippen molar-refractivity contribution in [1.29, 1.82) is 0 Å². The number of phenols is 3. The van der Waals surface area contributed by atoms with Crippen molar-refractivity contribution in [3.8, 4) is 23.0 Å². The Labute approximate surface area is 186 Å². The summed E-state index contributed by atoms with van der Waals surface area (Å²) in [6.07, 6.45) is -9.75. The third kappa shape index (κ3) is 4.07. The Bertz CT molecular complexity index is 1070. The van der Waals surface area contributed by atoms with Gasteiger partial charge < -0.3 is 45.2 Å². The van der Waals surface area contributed by atoms with E-state index in [-0.39, 0.29) is 22.8 Å². The predicted molar refractivity (Wildman–Crippen MR) is 108 cm³/mol. The Kier molecular flexibility index (Phi) is 5.89. The Balaban J connectivity index is 1.73. The van der Waals surface area contributed by atoms with E-state index in [4.69, 9.17) is 9.47 Å². The zero-order valence-corrected chi connectivity index (χ0v) is 17.0. The van der Waals surface area contributed by atoms with E-state index in [0.29, 0.717) is 5.56 Å². The molecule has 1 heterocycles. The van der Waals surface area contributed by atoms with E-state index in [2.05, 4.69) is 0 Å². The molecule has 11 heteroatoms. The summed E-state index contributed by atoms with van der Waals surface area (Å²) in [5, 5.41) is 69.5. The fourth-order valence-electron chi connectivity index (χ4n) is 4.21. The highest BCUT2D eigenvalue weighted by atomic mass is 16.6. The van der Waals surface area contributed by atoms with Crippen LogP contribution in [0.4, 0.5) is 0 Å². The number of benzene rings is 2. The van der Waals surface area contributed by atoms with Crippen LogP contribution in [0.1, 0.15) is 28.4 Å². The second kappa shape index (κ2) is 8.52. The molecule has 2 aliphatic rings. The highest BCUT2D eigenvalue weighted by Gasteiger charge is 2.50. The normalized spacial score (nSPS) is 31.5. The second-order valence-electron chi connectivity index (χ2n) is 8.08. The summed E-state index contributed by atoms with van der Waals surface area (Å²) < 4.78 is 11.6. The summed E-state index contributed by atoms with van der Waals surface area (Å²) in [5.41, 5.74) is 0.0776. The van der Waals surface area contributed by atoms with Crippen molar-refractivity contribution in [1.82, 2.24) is 0 Å². The highest BCUT2D eigenvalue weighted by molar-refractivity contribution is 6.05. The summed E-state index contributed by atoms with van der Waals surface area (Å²) >= 11 is 0. The van der Waals surface area contributed by atoms with E-state index < -0.39 is 66.5 Å². The Morgan fingerprint density at radius 3 is 2.24 bits per heavy atom. The third-order valence-corrected chi connectivity index (χ3v) is 5.94. The minimum Gasteiger partial charge on any atom is -0.508 e. The van der Waals surface area contributed by atoms with E-state index in [1.165, 1.54) is 24.3 Å². The SMILES string of the molecule is O=C(O)[C@H]1C[C@H](O[C@@H]2C(=O)c3c(O)cc(O)cc3O[C@@H]2c2ccc(O)cc2)[C@H](O)[C@@H](O)[C@@H]1O. The van der Waals surface area contributed by atoms with E-state index in [9.17, 15) is 45.3 Å². The molecule has 1 saturated carbocycles. The number of carbonyl (C=O) groups excluding carboxylic acids is 1. The first kappa shape index (κ1) is 22.8. The van der Waals surface area contributed by atoms with Crippen molar-refractivity contribution in [2.45, 2.75) is 43.0 Å². The molecule has 33 heavy (non-hydrogen) atoms. The number of Topliss-reactive ketones (excluding diaryl/α,β-unsaturated/α-hetero) is 1. The Morgan fingerprint density at radius 2 is 1.61 bits per heavy atom. The van der Waals surface area contributed by atoms with Gasteiger partial charge in [0.2, 0.25) is 5.78 Å². The number of rotatable bonds is 4. The lowest BCUT2D eigenvalue weighted by Crippen LogP contribution is -2.57. The summed E-state index contributed by atoms with van der Waals surface area (Å²) in [5.74, 6) is -4.76. The van der Waals surface area contributed by atoms with Gasteiger partial charge in [-0.3, -0.25) is 9.59 Å². The molecule has 7 atom stereocenters. The molecular formula is C22H22O11. The zero-order valence-electron chi connectivity index (χ0n) is 17.0. The maximum absolute atomic E-state index is 13.3. The molecule has 0 radical (unpaired) electrons. The Morgan fingerprint density at radius 1 is 0.939 bits per heavy atom. The number of carboxylic acids is 1. The number of hydrogen-bond acceptors (Lipinski definition) is 10. The molecule has 0 amide bonds. The molecule has 176 valence electrons. The molecule has 11 nitrogen and oxygen atoms in total. The number of aliphatic carboxylic acids is 1. The van der Waals surface area contributed by atoms with Crippen molar-refractivity contribution < 1.29 is 54.8 Å². The van der Waals surface area contributed by atoms with Gasteiger partial charge in [0.05, 0.1) is 18.1 Å². The monoisotopic (exact) mass is 462 g/mol. The molecule has 0 unspecified atom stereocenters. The van der Waals surface area contributed by atoms with Crippen LogP contribution >= 0.6 is 0 Å². The van der Waals surface area contributed by atoms with Crippen LogP contribution in [0.2, 0.25) is 0 Å². The average molecular weight is 462 g/mol. The topological polar surface area (TPSA) is 194 Å². The fourth-order valence-corrected chi connectivity index (χ4v) is 4.21. The lowest BCUT2D eigenvalue weighted by atomic mass is 9.80. The van der Waals surface area contributed by atoms with E-state index in [0.717, 1.165) is 12.1 Å². The van der Waals surface area contributed by atoms with Crippen LogP contribution in [0.5, 0.6) is 23.0 Å². The van der Waals surface area contributed by atoms with Crippen LogP contribution in [0.3, 0.4) is 0 Å². The number of phenolic OH excluding ortho intramolecular Hbond substituents is 3. The number of fused-ring (bicyclic) bond motifs is 1. The molecule has 0 saturated heterocycles. The summed E-state index contributed by atoms with van der Waals surface area (Å²) in [6.45, 7) is 0. The van der Waals surface area contributed by atoms with Gasteiger partial charge in [-0.2, -0.15) is 0 Å². The molecule has 1 aliphatic carbocycles. The van der Waals surface area contributed by atoms with Crippen LogP contribution in [0, 0.1) is 5.92 Å². The van der Waals surface area contributed by atoms with Crippen molar-refractivity contribution in [3.05, 3.63) is 47.5 Å². The first-order valence-corrected chi connectivity index (χ1v) is 10.1. The molecule has 4 rings (SSSR count). The summed E-state index contributed by atoms with van der Waals surface area (Å²) in [6, 6.07) is 7.65. The number of hydrogen-bond donors (Lipinski definition) is 7. The fraction of sp³-hybridized carbons (Fsp3) is 0.364. The van der Waals surface area contributed by atoms with Gasteiger partial charge in [0.1, 0.15) is 40.8 Å². The number of aliphatic hydroxyl groups is 3. The molecular weight excluding hydrogens is 440 g/mol. The number of carbonyl (C=O) groups is 2. The summed E-state index contributed by atoms with van der Waals surface area (Å²) in [7, 11) is 0. The van der Waals surface area contributed by atoms with E-state index >= 15 is 0 Å². The number of ketones is 1. The van der Waals surface area contributed by atoms with Gasteiger partial charge in [0.15, 0.2) is 12.2 Å². The van der Waals surface area contributed by atoms with Crippen LogP contribution in [0.25, 0.3) is 0 Å². The maximum atomic E-state index is 13.3. The molecule has 0 aromatic heterocycles. The molecule has 0 bridgehead atoms. The molecule has 2 aromatic carbocycles. The summed E-state index contributed by atoms with van der Waals surface area (Å²) in [4.78, 5) is 24.8. The third-order valence-electron chi connectivity index (χ3n) is 5.94. The lowest BCUT2D eigenvalue weighted by Gasteiger charge is -2.41. The van der Waals surface area contributed by atoms with Crippen molar-refractivity contribution in [2.75, 3.05) is 0 Å². The van der Waals surface area contributed by atoms with Gasteiger partial charge in [-0.15, -0.1) is 0 Å². The molecule has 0 spiro atoms. The number of aromatic hydroxyl groups is 3. The van der Waals surface area contributed by atoms with Crippen molar-refractivity contribution in [3.63, 3.8) is 0 Å². The van der Waals surface area contributed by atoms with Gasteiger partial charge >= 0.3 is 5.97 Å². The predicted octanol–water partition coefficient (Wildman–Crippen LogP) is 0.0608. The first-order chi connectivity index (χ1) is 15.6. The second-order valence-corrected chi connectivity index (χ2v) is 8.08. The van der Waals surface area contributed by atoms with E-state index in [1.807, 2.05) is 0 Å².